The molecule has 0 aliphatic carbocycles. The van der Waals surface area contributed by atoms with Crippen molar-refractivity contribution >= 4 is 17.5 Å². The van der Waals surface area contributed by atoms with Crippen molar-refractivity contribution in [3.8, 4) is 5.75 Å². The zero-order valence-corrected chi connectivity index (χ0v) is 13.0. The number of imide groups is 1. The highest BCUT2D eigenvalue weighted by Gasteiger charge is 2.40. The molecule has 0 unspecified atom stereocenters. The van der Waals surface area contributed by atoms with E-state index in [1.54, 1.807) is 14.2 Å². The van der Waals surface area contributed by atoms with Crippen LogP contribution in [0.2, 0.25) is 0 Å². The Morgan fingerprint density at radius 1 is 1.05 bits per heavy atom. The molecule has 22 heavy (non-hydrogen) atoms. The zero-order valence-electron chi connectivity index (χ0n) is 13.0. The van der Waals surface area contributed by atoms with Crippen molar-refractivity contribution < 1.29 is 14.3 Å². The Hall–Kier alpha value is -2.08. The van der Waals surface area contributed by atoms with Gasteiger partial charge in [-0.15, -0.1) is 0 Å². The van der Waals surface area contributed by atoms with Crippen LogP contribution in [0.15, 0.2) is 24.3 Å². The maximum absolute atomic E-state index is 12.1. The number of benzene rings is 1. The SMILES string of the molecule is COc1ccc(N2CCN([C@@H]3CC(=O)N(C)C3=O)CC2)cc1. The summed E-state index contributed by atoms with van der Waals surface area (Å²) in [5.41, 5.74) is 1.16. The lowest BCUT2D eigenvalue weighted by Gasteiger charge is -2.38. The summed E-state index contributed by atoms with van der Waals surface area (Å²) in [4.78, 5) is 29.4. The minimum absolute atomic E-state index is 0.0668. The fraction of sp³-hybridized carbons (Fsp3) is 0.500. The molecule has 2 amide bonds. The zero-order chi connectivity index (χ0) is 15.7. The van der Waals surface area contributed by atoms with Crippen LogP contribution < -0.4 is 9.64 Å². The Balaban J connectivity index is 1.60. The number of amides is 2. The van der Waals surface area contributed by atoms with Crippen molar-refractivity contribution in [2.45, 2.75) is 12.5 Å². The van der Waals surface area contributed by atoms with Gasteiger partial charge >= 0.3 is 0 Å². The molecule has 2 aliphatic rings. The second kappa shape index (κ2) is 5.96. The Kier molecular flexibility index (Phi) is 4.02. The summed E-state index contributed by atoms with van der Waals surface area (Å²) < 4.78 is 5.17. The minimum Gasteiger partial charge on any atom is -0.497 e. The predicted molar refractivity (Wildman–Crippen MR) is 83.0 cm³/mol. The first kappa shape index (κ1) is 14.8. The number of likely N-dealkylation sites (N-methyl/N-ethyl adjacent to an activating group) is 1. The van der Waals surface area contributed by atoms with Crippen LogP contribution in [0.5, 0.6) is 5.75 Å². The Labute approximate surface area is 130 Å². The average molecular weight is 303 g/mol. The van der Waals surface area contributed by atoms with Gasteiger partial charge in [0.05, 0.1) is 19.6 Å². The van der Waals surface area contributed by atoms with Crippen LogP contribution in [0.25, 0.3) is 0 Å². The van der Waals surface area contributed by atoms with Crippen molar-refractivity contribution in [1.82, 2.24) is 9.80 Å². The number of rotatable bonds is 3. The van der Waals surface area contributed by atoms with Gasteiger partial charge in [-0.1, -0.05) is 0 Å². The third kappa shape index (κ3) is 2.66. The van der Waals surface area contributed by atoms with E-state index < -0.39 is 0 Å². The molecule has 0 radical (unpaired) electrons. The number of likely N-dealkylation sites (tertiary alicyclic amines) is 1. The van der Waals surface area contributed by atoms with Crippen molar-refractivity contribution in [1.29, 1.82) is 0 Å². The van der Waals surface area contributed by atoms with E-state index in [1.807, 2.05) is 24.3 Å². The molecule has 1 aromatic rings. The standard InChI is InChI=1S/C16H21N3O3/c1-17-15(20)11-14(16(17)21)19-9-7-18(8-10-19)12-3-5-13(22-2)6-4-12/h3-6,14H,7-11H2,1-2H3/t14-/m1/s1. The van der Waals surface area contributed by atoms with E-state index in [2.05, 4.69) is 9.80 Å². The number of ether oxygens (including phenoxy) is 1. The maximum Gasteiger partial charge on any atom is 0.246 e. The van der Waals surface area contributed by atoms with E-state index in [1.165, 1.54) is 4.90 Å². The third-order valence-electron chi connectivity index (χ3n) is 4.55. The quantitative estimate of drug-likeness (QED) is 0.764. The monoisotopic (exact) mass is 303 g/mol. The lowest BCUT2D eigenvalue weighted by Crippen LogP contribution is -2.52. The summed E-state index contributed by atoms with van der Waals surface area (Å²) in [5.74, 6) is 0.705. The first-order valence-electron chi connectivity index (χ1n) is 7.53. The summed E-state index contributed by atoms with van der Waals surface area (Å²) >= 11 is 0. The normalized spacial score (nSPS) is 23.3. The van der Waals surface area contributed by atoms with E-state index in [9.17, 15) is 9.59 Å². The van der Waals surface area contributed by atoms with Crippen LogP contribution in [0, 0.1) is 0 Å². The Bertz CT molecular complexity index is 565. The van der Waals surface area contributed by atoms with Crippen LogP contribution >= 0.6 is 0 Å². The van der Waals surface area contributed by atoms with Gasteiger partial charge in [0.15, 0.2) is 0 Å². The van der Waals surface area contributed by atoms with Gasteiger partial charge in [0.25, 0.3) is 0 Å². The van der Waals surface area contributed by atoms with Gasteiger partial charge in [-0.05, 0) is 24.3 Å². The maximum atomic E-state index is 12.1. The molecular weight excluding hydrogens is 282 g/mol. The van der Waals surface area contributed by atoms with Crippen molar-refractivity contribution in [2.75, 3.05) is 45.2 Å². The number of nitrogens with zero attached hydrogens (tertiary/aromatic N) is 3. The summed E-state index contributed by atoms with van der Waals surface area (Å²) in [7, 11) is 3.23. The largest absolute Gasteiger partial charge is 0.497 e. The van der Waals surface area contributed by atoms with E-state index in [4.69, 9.17) is 4.74 Å². The number of hydrogen-bond acceptors (Lipinski definition) is 5. The smallest absolute Gasteiger partial charge is 0.246 e. The Morgan fingerprint density at radius 3 is 2.18 bits per heavy atom. The second-order valence-corrected chi connectivity index (χ2v) is 5.73. The van der Waals surface area contributed by atoms with E-state index in [0.717, 1.165) is 37.6 Å². The molecule has 2 heterocycles. The summed E-state index contributed by atoms with van der Waals surface area (Å²) in [6.07, 6.45) is 0.317. The van der Waals surface area contributed by atoms with Gasteiger partial charge in [0, 0.05) is 38.9 Å². The number of hydrogen-bond donors (Lipinski definition) is 0. The van der Waals surface area contributed by atoms with E-state index >= 15 is 0 Å². The molecule has 6 heteroatoms. The first-order chi connectivity index (χ1) is 10.6. The molecule has 2 aliphatic heterocycles. The van der Waals surface area contributed by atoms with Gasteiger partial charge in [0.2, 0.25) is 11.8 Å². The fourth-order valence-corrected chi connectivity index (χ4v) is 3.11. The molecule has 6 nitrogen and oxygen atoms in total. The van der Waals surface area contributed by atoms with E-state index in [-0.39, 0.29) is 17.9 Å². The average Bonchev–Trinajstić information content (AvgIpc) is 2.83. The highest BCUT2D eigenvalue weighted by atomic mass is 16.5. The summed E-state index contributed by atoms with van der Waals surface area (Å²) in [6, 6.07) is 7.74. The highest BCUT2D eigenvalue weighted by Crippen LogP contribution is 2.23. The number of methoxy groups -OCH3 is 1. The topological polar surface area (TPSA) is 53.1 Å². The molecule has 3 rings (SSSR count). The first-order valence-corrected chi connectivity index (χ1v) is 7.53. The third-order valence-corrected chi connectivity index (χ3v) is 4.55. The molecule has 0 aromatic heterocycles. The van der Waals surface area contributed by atoms with Crippen LogP contribution in [-0.2, 0) is 9.59 Å². The Morgan fingerprint density at radius 2 is 1.68 bits per heavy atom. The van der Waals surface area contributed by atoms with E-state index in [0.29, 0.717) is 6.42 Å². The van der Waals surface area contributed by atoms with Crippen molar-refractivity contribution in [3.63, 3.8) is 0 Å². The predicted octanol–water partition coefficient (Wildman–Crippen LogP) is 0.575. The number of carbonyl (C=O) groups is 2. The van der Waals surface area contributed by atoms with Crippen molar-refractivity contribution in [2.24, 2.45) is 0 Å². The minimum atomic E-state index is -0.268. The molecule has 2 saturated heterocycles. The second-order valence-electron chi connectivity index (χ2n) is 5.73. The number of anilines is 1. The summed E-state index contributed by atoms with van der Waals surface area (Å²) in [5, 5.41) is 0. The number of piperazine rings is 1. The molecule has 2 fully saturated rings. The van der Waals surface area contributed by atoms with Gasteiger partial charge < -0.3 is 9.64 Å². The molecular formula is C16H21N3O3. The lowest BCUT2D eigenvalue weighted by atomic mass is 10.1. The lowest BCUT2D eigenvalue weighted by molar-refractivity contribution is -0.138. The van der Waals surface area contributed by atoms with Crippen LogP contribution in [0.3, 0.4) is 0 Å². The molecule has 118 valence electrons. The van der Waals surface area contributed by atoms with Gasteiger partial charge in [-0.2, -0.15) is 0 Å². The van der Waals surface area contributed by atoms with Gasteiger partial charge in [-0.25, -0.2) is 0 Å². The van der Waals surface area contributed by atoms with Crippen LogP contribution in [0.1, 0.15) is 6.42 Å². The highest BCUT2D eigenvalue weighted by molar-refractivity contribution is 6.05. The fourth-order valence-electron chi connectivity index (χ4n) is 3.11. The molecule has 0 spiro atoms. The van der Waals surface area contributed by atoms with Crippen LogP contribution in [-0.4, -0.2) is 68.0 Å². The summed E-state index contributed by atoms with van der Waals surface area (Å²) in [6.45, 7) is 3.30. The molecule has 0 saturated carbocycles. The molecule has 1 aromatic carbocycles. The van der Waals surface area contributed by atoms with Gasteiger partial charge in [-0.3, -0.25) is 19.4 Å². The van der Waals surface area contributed by atoms with Crippen molar-refractivity contribution in [3.05, 3.63) is 24.3 Å². The van der Waals surface area contributed by atoms with Crippen LogP contribution in [0.4, 0.5) is 5.69 Å². The molecule has 1 atom stereocenters. The molecule has 0 N–H and O–H groups in total. The molecule has 0 bridgehead atoms. The van der Waals surface area contributed by atoms with Gasteiger partial charge in [0.1, 0.15) is 5.75 Å². The number of carbonyl (C=O) groups excluding carboxylic acids is 2.